The van der Waals surface area contributed by atoms with Crippen molar-refractivity contribution in [3.63, 3.8) is 0 Å². The third-order valence-electron chi connectivity index (χ3n) is 5.05. The van der Waals surface area contributed by atoms with Gasteiger partial charge in [0, 0.05) is 48.6 Å². The highest BCUT2D eigenvalue weighted by Crippen LogP contribution is 2.28. The Labute approximate surface area is 162 Å². The summed E-state index contributed by atoms with van der Waals surface area (Å²) in [5, 5.41) is 0. The predicted octanol–water partition coefficient (Wildman–Crippen LogP) is 2.97. The molecule has 3 aromatic rings. The van der Waals surface area contributed by atoms with Gasteiger partial charge in [-0.25, -0.2) is 9.37 Å². The minimum atomic E-state index is -0.237. The summed E-state index contributed by atoms with van der Waals surface area (Å²) in [5.41, 5.74) is 2.02. The second-order valence-electron chi connectivity index (χ2n) is 6.93. The zero-order valence-electron chi connectivity index (χ0n) is 15.6. The van der Waals surface area contributed by atoms with Crippen LogP contribution in [-0.2, 0) is 6.54 Å². The van der Waals surface area contributed by atoms with Gasteiger partial charge >= 0.3 is 0 Å². The molecular formula is C21H21FN4O2. The van der Waals surface area contributed by atoms with E-state index in [2.05, 4.69) is 19.9 Å². The van der Waals surface area contributed by atoms with Crippen LogP contribution in [0.15, 0.2) is 53.6 Å². The Morgan fingerprint density at radius 2 is 2.07 bits per heavy atom. The number of ether oxygens (including phenoxy) is 1. The molecule has 28 heavy (non-hydrogen) atoms. The quantitative estimate of drug-likeness (QED) is 0.737. The van der Waals surface area contributed by atoms with E-state index in [9.17, 15) is 9.18 Å². The van der Waals surface area contributed by atoms with Gasteiger partial charge in [0.05, 0.1) is 12.8 Å². The van der Waals surface area contributed by atoms with Gasteiger partial charge in [-0.05, 0) is 43.3 Å². The van der Waals surface area contributed by atoms with Crippen molar-refractivity contribution in [1.82, 2.24) is 19.9 Å². The molecule has 0 bridgehead atoms. The normalized spacial score (nSPS) is 17.0. The largest absolute Gasteiger partial charge is 0.497 e. The first-order chi connectivity index (χ1) is 13.6. The lowest BCUT2D eigenvalue weighted by molar-refractivity contribution is 0.319. The van der Waals surface area contributed by atoms with Crippen molar-refractivity contribution in [2.24, 2.45) is 0 Å². The third-order valence-corrected chi connectivity index (χ3v) is 5.05. The van der Waals surface area contributed by atoms with E-state index in [1.165, 1.54) is 6.07 Å². The molecule has 7 heteroatoms. The smallest absolute Gasteiger partial charge is 0.251 e. The Morgan fingerprint density at radius 3 is 2.86 bits per heavy atom. The average Bonchev–Trinajstić information content (AvgIpc) is 3.18. The fourth-order valence-electron chi connectivity index (χ4n) is 3.59. The summed E-state index contributed by atoms with van der Waals surface area (Å²) in [6, 6.07) is 9.97. The molecule has 1 N–H and O–H groups in total. The molecule has 1 fully saturated rings. The van der Waals surface area contributed by atoms with E-state index >= 15 is 0 Å². The molecule has 3 heterocycles. The number of hydrogen-bond acceptors (Lipinski definition) is 5. The number of nitrogens with one attached hydrogen (secondary N) is 1. The fourth-order valence-corrected chi connectivity index (χ4v) is 3.59. The van der Waals surface area contributed by atoms with Crippen molar-refractivity contribution < 1.29 is 9.13 Å². The van der Waals surface area contributed by atoms with Gasteiger partial charge in [0.1, 0.15) is 17.4 Å². The van der Waals surface area contributed by atoms with Gasteiger partial charge in [0.2, 0.25) is 0 Å². The summed E-state index contributed by atoms with van der Waals surface area (Å²) in [7, 11) is 1.57. The summed E-state index contributed by atoms with van der Waals surface area (Å²) >= 11 is 0. The molecule has 1 aromatic carbocycles. The lowest BCUT2D eigenvalue weighted by atomic mass is 10.0. The van der Waals surface area contributed by atoms with Crippen LogP contribution in [0.25, 0.3) is 11.4 Å². The van der Waals surface area contributed by atoms with Gasteiger partial charge < -0.3 is 9.72 Å². The number of aromatic amines is 1. The zero-order chi connectivity index (χ0) is 19.5. The Kier molecular flexibility index (Phi) is 5.16. The second kappa shape index (κ2) is 7.90. The van der Waals surface area contributed by atoms with E-state index in [-0.39, 0.29) is 17.3 Å². The van der Waals surface area contributed by atoms with Gasteiger partial charge in [-0.3, -0.25) is 14.7 Å². The molecule has 1 saturated heterocycles. The lowest BCUT2D eigenvalue weighted by Gasteiger charge is -2.17. The molecule has 0 radical (unpaired) electrons. The van der Waals surface area contributed by atoms with Crippen molar-refractivity contribution in [3.8, 4) is 17.1 Å². The molecule has 1 atom stereocenters. The lowest BCUT2D eigenvalue weighted by Crippen LogP contribution is -2.21. The van der Waals surface area contributed by atoms with Crippen molar-refractivity contribution in [3.05, 3.63) is 76.2 Å². The Hall–Kier alpha value is -3.06. The van der Waals surface area contributed by atoms with Crippen LogP contribution in [0.4, 0.5) is 4.39 Å². The number of benzene rings is 1. The molecule has 0 aliphatic carbocycles. The van der Waals surface area contributed by atoms with Gasteiger partial charge in [-0.15, -0.1) is 0 Å². The number of hydrogen-bond donors (Lipinski definition) is 1. The summed E-state index contributed by atoms with van der Waals surface area (Å²) in [5.74, 6) is 1.09. The topological polar surface area (TPSA) is 71.1 Å². The van der Waals surface area contributed by atoms with Crippen molar-refractivity contribution in [2.75, 3.05) is 20.2 Å². The highest BCUT2D eigenvalue weighted by atomic mass is 19.1. The molecular weight excluding hydrogens is 359 g/mol. The van der Waals surface area contributed by atoms with E-state index < -0.39 is 0 Å². The number of H-pyrrole nitrogens is 1. The minimum Gasteiger partial charge on any atom is -0.497 e. The summed E-state index contributed by atoms with van der Waals surface area (Å²) in [6.45, 7) is 2.04. The number of methoxy groups -OCH3 is 1. The van der Waals surface area contributed by atoms with Crippen LogP contribution < -0.4 is 10.3 Å². The molecule has 0 amide bonds. The van der Waals surface area contributed by atoms with Gasteiger partial charge in [-0.2, -0.15) is 0 Å². The number of aromatic nitrogens is 3. The number of rotatable bonds is 5. The molecule has 144 valence electrons. The maximum Gasteiger partial charge on any atom is 0.251 e. The van der Waals surface area contributed by atoms with Crippen LogP contribution >= 0.6 is 0 Å². The maximum atomic E-state index is 14.1. The van der Waals surface area contributed by atoms with Gasteiger partial charge in [0.25, 0.3) is 5.56 Å². The highest BCUT2D eigenvalue weighted by Gasteiger charge is 2.26. The first kappa shape index (κ1) is 18.3. The van der Waals surface area contributed by atoms with Crippen LogP contribution in [0, 0.1) is 5.82 Å². The standard InChI is InChI=1S/C21H21FN4O2/c1-28-17-2-3-18(22)16(10-17)13-26-9-6-15(12-26)19-11-20(27)25-21(24-19)14-4-7-23-8-5-14/h2-5,7-8,10-11,15H,6,9,12-13H2,1H3,(H,24,25,27)/t15-/m0/s1. The van der Waals surface area contributed by atoms with Crippen LogP contribution in [0.2, 0.25) is 0 Å². The minimum absolute atomic E-state index is 0.136. The van der Waals surface area contributed by atoms with E-state index in [0.29, 0.717) is 23.7 Å². The average molecular weight is 380 g/mol. The van der Waals surface area contributed by atoms with E-state index in [1.807, 2.05) is 12.1 Å². The number of pyridine rings is 1. The first-order valence-corrected chi connectivity index (χ1v) is 9.19. The first-order valence-electron chi connectivity index (χ1n) is 9.19. The zero-order valence-corrected chi connectivity index (χ0v) is 15.6. The summed E-state index contributed by atoms with van der Waals surface area (Å²) in [6.07, 6.45) is 4.21. The molecule has 0 unspecified atom stereocenters. The van der Waals surface area contributed by atoms with E-state index in [0.717, 1.165) is 30.8 Å². The Morgan fingerprint density at radius 1 is 1.25 bits per heavy atom. The van der Waals surface area contributed by atoms with Crippen LogP contribution in [0.3, 0.4) is 0 Å². The monoisotopic (exact) mass is 380 g/mol. The Bertz CT molecular complexity index is 1020. The molecule has 0 saturated carbocycles. The highest BCUT2D eigenvalue weighted by molar-refractivity contribution is 5.53. The number of nitrogens with zero attached hydrogens (tertiary/aromatic N) is 3. The molecule has 2 aromatic heterocycles. The molecule has 4 rings (SSSR count). The third kappa shape index (κ3) is 3.94. The maximum absolute atomic E-state index is 14.1. The molecule has 6 nitrogen and oxygen atoms in total. The van der Waals surface area contributed by atoms with Crippen molar-refractivity contribution in [1.29, 1.82) is 0 Å². The number of likely N-dealkylation sites (tertiary alicyclic amines) is 1. The second-order valence-corrected chi connectivity index (χ2v) is 6.93. The van der Waals surface area contributed by atoms with Gasteiger partial charge in [-0.1, -0.05) is 0 Å². The van der Waals surface area contributed by atoms with Crippen LogP contribution in [0.5, 0.6) is 5.75 Å². The van der Waals surface area contributed by atoms with Crippen molar-refractivity contribution in [2.45, 2.75) is 18.9 Å². The Balaban J connectivity index is 1.52. The molecule has 1 aliphatic rings. The van der Waals surface area contributed by atoms with E-state index in [4.69, 9.17) is 4.74 Å². The number of halogens is 1. The van der Waals surface area contributed by atoms with E-state index in [1.54, 1.807) is 37.7 Å². The fraction of sp³-hybridized carbons (Fsp3) is 0.286. The molecule has 0 spiro atoms. The van der Waals surface area contributed by atoms with Crippen LogP contribution in [0.1, 0.15) is 23.6 Å². The van der Waals surface area contributed by atoms with Gasteiger partial charge in [0.15, 0.2) is 0 Å². The summed E-state index contributed by atoms with van der Waals surface area (Å²) in [4.78, 5) is 25.8. The summed E-state index contributed by atoms with van der Waals surface area (Å²) < 4.78 is 19.3. The van der Waals surface area contributed by atoms with Crippen molar-refractivity contribution >= 4 is 0 Å². The predicted molar refractivity (Wildman–Crippen MR) is 104 cm³/mol. The molecule has 1 aliphatic heterocycles. The van der Waals surface area contributed by atoms with Crippen LogP contribution in [-0.4, -0.2) is 40.1 Å². The SMILES string of the molecule is COc1ccc(F)c(CN2CC[C@H](c3cc(=O)[nH]c(-c4ccncc4)n3)C2)c1.